The number of amides is 1. The van der Waals surface area contributed by atoms with Crippen molar-refractivity contribution in [2.45, 2.75) is 58.5 Å². The summed E-state index contributed by atoms with van der Waals surface area (Å²) in [4.78, 5) is 19.9. The van der Waals surface area contributed by atoms with Gasteiger partial charge in [0.25, 0.3) is 5.91 Å². The van der Waals surface area contributed by atoms with Gasteiger partial charge in [-0.2, -0.15) is 0 Å². The van der Waals surface area contributed by atoms with Crippen molar-refractivity contribution in [2.24, 2.45) is 5.92 Å². The zero-order chi connectivity index (χ0) is 15.5. The molecule has 1 atom stereocenters. The van der Waals surface area contributed by atoms with Crippen molar-refractivity contribution in [1.82, 2.24) is 9.88 Å². The minimum atomic E-state index is 0.139. The highest BCUT2D eigenvalue weighted by Crippen LogP contribution is 2.29. The Morgan fingerprint density at radius 3 is 2.77 bits per heavy atom. The van der Waals surface area contributed by atoms with Gasteiger partial charge in [0.15, 0.2) is 0 Å². The first kappa shape index (κ1) is 15.9. The molecule has 1 aromatic rings. The first-order valence-electron chi connectivity index (χ1n) is 8.48. The van der Waals surface area contributed by atoms with Gasteiger partial charge in [-0.1, -0.05) is 32.1 Å². The molecule has 1 saturated heterocycles. The van der Waals surface area contributed by atoms with E-state index in [0.717, 1.165) is 34.5 Å². The molecule has 3 rings (SSSR count). The molecule has 0 N–H and O–H groups in total. The second-order valence-corrected chi connectivity index (χ2v) is 7.83. The minimum Gasteiger partial charge on any atom is -0.375 e. The molecule has 0 spiro atoms. The van der Waals surface area contributed by atoms with E-state index in [0.29, 0.717) is 13.2 Å². The number of carbonyl (C=O) groups is 1. The summed E-state index contributed by atoms with van der Waals surface area (Å²) in [5, 5.41) is 0.966. The second kappa shape index (κ2) is 7.09. The first-order chi connectivity index (χ1) is 10.6. The fourth-order valence-electron chi connectivity index (χ4n) is 3.71. The fraction of sp³-hybridized carbons (Fsp3) is 0.765. The number of morpholine rings is 1. The van der Waals surface area contributed by atoms with E-state index in [1.165, 1.54) is 43.4 Å². The summed E-state index contributed by atoms with van der Waals surface area (Å²) >= 11 is 1.51. The van der Waals surface area contributed by atoms with Crippen LogP contribution in [0, 0.1) is 19.8 Å². The molecule has 1 amide bonds. The number of thiazole rings is 1. The van der Waals surface area contributed by atoms with E-state index in [2.05, 4.69) is 4.98 Å². The van der Waals surface area contributed by atoms with Crippen molar-refractivity contribution in [3.63, 3.8) is 0 Å². The molecule has 1 saturated carbocycles. The van der Waals surface area contributed by atoms with Crippen LogP contribution in [-0.4, -0.2) is 41.6 Å². The van der Waals surface area contributed by atoms with Gasteiger partial charge >= 0.3 is 0 Å². The summed E-state index contributed by atoms with van der Waals surface area (Å²) in [5.74, 6) is 0.932. The van der Waals surface area contributed by atoms with Gasteiger partial charge in [-0.15, -0.1) is 11.3 Å². The molecule has 22 heavy (non-hydrogen) atoms. The van der Waals surface area contributed by atoms with E-state index < -0.39 is 0 Å². The quantitative estimate of drug-likeness (QED) is 0.854. The van der Waals surface area contributed by atoms with E-state index >= 15 is 0 Å². The Morgan fingerprint density at radius 1 is 1.32 bits per heavy atom. The highest BCUT2D eigenvalue weighted by Gasteiger charge is 2.29. The maximum atomic E-state index is 12.7. The number of ether oxygens (including phenoxy) is 1. The van der Waals surface area contributed by atoms with Crippen LogP contribution >= 0.6 is 11.3 Å². The molecule has 1 aliphatic heterocycles. The van der Waals surface area contributed by atoms with Gasteiger partial charge in [-0.05, 0) is 26.2 Å². The topological polar surface area (TPSA) is 42.4 Å². The molecule has 1 unspecified atom stereocenters. The van der Waals surface area contributed by atoms with Gasteiger partial charge in [-0.25, -0.2) is 4.98 Å². The summed E-state index contributed by atoms with van der Waals surface area (Å²) in [7, 11) is 0. The largest absolute Gasteiger partial charge is 0.375 e. The lowest BCUT2D eigenvalue weighted by Crippen LogP contribution is -2.46. The van der Waals surface area contributed by atoms with Crippen LogP contribution in [0.25, 0.3) is 0 Å². The van der Waals surface area contributed by atoms with Crippen LogP contribution in [0.1, 0.15) is 58.9 Å². The minimum absolute atomic E-state index is 0.139. The third-order valence-electron chi connectivity index (χ3n) is 4.84. The van der Waals surface area contributed by atoms with Crippen LogP contribution in [0.4, 0.5) is 0 Å². The Balaban J connectivity index is 1.60. The molecular weight excluding hydrogens is 296 g/mol. The van der Waals surface area contributed by atoms with Crippen LogP contribution < -0.4 is 0 Å². The molecule has 0 bridgehead atoms. The first-order valence-corrected chi connectivity index (χ1v) is 9.30. The van der Waals surface area contributed by atoms with Crippen LogP contribution in [0.3, 0.4) is 0 Å². The summed E-state index contributed by atoms with van der Waals surface area (Å²) in [6.07, 6.45) is 8.11. The number of aromatic nitrogens is 1. The smallest absolute Gasteiger partial charge is 0.266 e. The molecular formula is C17H26N2O2S. The molecule has 1 aliphatic carbocycles. The highest BCUT2D eigenvalue weighted by atomic mass is 32.1. The van der Waals surface area contributed by atoms with Gasteiger partial charge in [0.2, 0.25) is 0 Å². The maximum Gasteiger partial charge on any atom is 0.266 e. The fourth-order valence-corrected chi connectivity index (χ4v) is 4.60. The predicted octanol–water partition coefficient (Wildman–Crippen LogP) is 3.57. The van der Waals surface area contributed by atoms with E-state index in [4.69, 9.17) is 4.74 Å². The van der Waals surface area contributed by atoms with Gasteiger partial charge < -0.3 is 9.64 Å². The van der Waals surface area contributed by atoms with Crippen LogP contribution in [0.2, 0.25) is 0 Å². The van der Waals surface area contributed by atoms with Crippen molar-refractivity contribution in [3.8, 4) is 0 Å². The van der Waals surface area contributed by atoms with Crippen molar-refractivity contribution in [1.29, 1.82) is 0 Å². The normalized spacial score (nSPS) is 23.7. The van der Waals surface area contributed by atoms with Crippen molar-refractivity contribution in [3.05, 3.63) is 15.6 Å². The summed E-state index contributed by atoms with van der Waals surface area (Å²) in [5.41, 5.74) is 0.864. The third kappa shape index (κ3) is 3.69. The number of hydrogen-bond acceptors (Lipinski definition) is 4. The van der Waals surface area contributed by atoms with Gasteiger partial charge in [0.05, 0.1) is 23.4 Å². The van der Waals surface area contributed by atoms with E-state index in [-0.39, 0.29) is 12.0 Å². The Labute approximate surface area is 136 Å². The molecule has 122 valence electrons. The molecule has 2 fully saturated rings. The molecule has 2 aliphatic rings. The Bertz CT molecular complexity index is 523. The Morgan fingerprint density at radius 2 is 2.09 bits per heavy atom. The molecule has 4 nitrogen and oxygen atoms in total. The Hall–Kier alpha value is -0.940. The molecule has 1 aromatic heterocycles. The average molecular weight is 322 g/mol. The van der Waals surface area contributed by atoms with E-state index in [9.17, 15) is 4.79 Å². The summed E-state index contributed by atoms with van der Waals surface area (Å²) in [6, 6.07) is 0. The summed E-state index contributed by atoms with van der Waals surface area (Å²) in [6.45, 7) is 6.00. The van der Waals surface area contributed by atoms with Gasteiger partial charge in [-0.3, -0.25) is 4.79 Å². The van der Waals surface area contributed by atoms with Crippen molar-refractivity contribution < 1.29 is 9.53 Å². The van der Waals surface area contributed by atoms with Crippen LogP contribution in [0.5, 0.6) is 0 Å². The highest BCUT2D eigenvalue weighted by molar-refractivity contribution is 7.13. The number of hydrogen-bond donors (Lipinski definition) is 0. The number of carbonyl (C=O) groups excluding carboxylic acids is 1. The lowest BCUT2D eigenvalue weighted by molar-refractivity contribution is -0.0336. The number of rotatable bonds is 3. The predicted molar refractivity (Wildman–Crippen MR) is 88.4 cm³/mol. The Kier molecular flexibility index (Phi) is 5.14. The van der Waals surface area contributed by atoms with Crippen LogP contribution in [-0.2, 0) is 4.74 Å². The molecule has 0 aromatic carbocycles. The second-order valence-electron chi connectivity index (χ2n) is 6.63. The molecule has 2 heterocycles. The van der Waals surface area contributed by atoms with Gasteiger partial charge in [0, 0.05) is 13.1 Å². The van der Waals surface area contributed by atoms with E-state index in [1.54, 1.807) is 0 Å². The van der Waals surface area contributed by atoms with Crippen molar-refractivity contribution >= 4 is 17.2 Å². The maximum absolute atomic E-state index is 12.7. The monoisotopic (exact) mass is 322 g/mol. The molecule has 5 heteroatoms. The number of nitrogens with zero attached hydrogens (tertiary/aromatic N) is 2. The summed E-state index contributed by atoms with van der Waals surface area (Å²) < 4.78 is 5.93. The number of aryl methyl sites for hydroxylation is 2. The lowest BCUT2D eigenvalue weighted by Gasteiger charge is -2.35. The third-order valence-corrected chi connectivity index (χ3v) is 5.91. The van der Waals surface area contributed by atoms with E-state index in [1.807, 2.05) is 18.7 Å². The zero-order valence-electron chi connectivity index (χ0n) is 13.6. The molecule has 0 radical (unpaired) electrons. The lowest BCUT2D eigenvalue weighted by atomic mass is 9.85. The van der Waals surface area contributed by atoms with Crippen molar-refractivity contribution in [2.75, 3.05) is 19.7 Å². The standard InChI is InChI=1S/C17H26N2O2S/c1-12-16(22-13(2)18-12)17(20)19-8-9-21-15(11-19)10-14-6-4-3-5-7-14/h14-15H,3-11H2,1-2H3. The van der Waals surface area contributed by atoms with Crippen LogP contribution in [0.15, 0.2) is 0 Å². The zero-order valence-corrected chi connectivity index (χ0v) is 14.5. The van der Waals surface area contributed by atoms with Gasteiger partial charge in [0.1, 0.15) is 4.88 Å². The SMILES string of the molecule is Cc1nc(C)c(C(=O)N2CCOC(CC3CCCCC3)C2)s1. The average Bonchev–Trinajstić information content (AvgIpc) is 2.86.